The lowest BCUT2D eigenvalue weighted by molar-refractivity contribution is -0.166. The van der Waals surface area contributed by atoms with Crippen LogP contribution >= 0.6 is 0 Å². The minimum Gasteiger partial charge on any atom is -0.462 e. The SMILES string of the molecule is CC/C=C\C/C=C\C/C=C\C/C=C\C/C=C\C/C=C\CCC(=O)OC[C@H](COC(=O)CCC/C=C\C/C=C\C/C=C\C/C=C\CCCCC)OC(=O)CCCCCCCCCCCCCCCCC. The summed E-state index contributed by atoms with van der Waals surface area (Å²) < 4.78 is 16.7. The second-order valence-corrected chi connectivity index (χ2v) is 18.1. The summed E-state index contributed by atoms with van der Waals surface area (Å²) in [4.78, 5) is 38.1. The van der Waals surface area contributed by atoms with Crippen molar-refractivity contribution < 1.29 is 28.6 Å². The lowest BCUT2D eigenvalue weighted by Gasteiger charge is -2.18. The molecule has 0 aromatic heterocycles. The first-order valence-electron chi connectivity index (χ1n) is 28.0. The van der Waals surface area contributed by atoms with E-state index in [1.165, 1.54) is 103 Å². The van der Waals surface area contributed by atoms with Crippen molar-refractivity contribution in [3.8, 4) is 0 Å². The van der Waals surface area contributed by atoms with Crippen LogP contribution in [0.5, 0.6) is 0 Å². The number of rotatable bonds is 49. The van der Waals surface area contributed by atoms with Crippen molar-refractivity contribution in [1.82, 2.24) is 0 Å². The summed E-state index contributed by atoms with van der Waals surface area (Å²) in [5.41, 5.74) is 0. The van der Waals surface area contributed by atoms with E-state index in [0.717, 1.165) is 83.5 Å². The Kier molecular flexibility index (Phi) is 53.0. The molecular formula is C63H102O6. The lowest BCUT2D eigenvalue weighted by atomic mass is 10.0. The van der Waals surface area contributed by atoms with Gasteiger partial charge < -0.3 is 14.2 Å². The summed E-state index contributed by atoms with van der Waals surface area (Å²) >= 11 is 0. The third-order valence-corrected chi connectivity index (χ3v) is 11.5. The van der Waals surface area contributed by atoms with Crippen molar-refractivity contribution in [1.29, 1.82) is 0 Å². The van der Waals surface area contributed by atoms with E-state index in [9.17, 15) is 14.4 Å². The van der Waals surface area contributed by atoms with Crippen molar-refractivity contribution in [2.75, 3.05) is 13.2 Å². The summed E-state index contributed by atoms with van der Waals surface area (Å²) in [6.07, 6.45) is 77.7. The molecule has 0 aliphatic heterocycles. The van der Waals surface area contributed by atoms with Gasteiger partial charge in [-0.15, -0.1) is 0 Å². The summed E-state index contributed by atoms with van der Waals surface area (Å²) in [5, 5.41) is 0. The zero-order valence-corrected chi connectivity index (χ0v) is 44.5. The Balaban J connectivity index is 4.59. The molecule has 0 bridgehead atoms. The quantitative estimate of drug-likeness (QED) is 0.0262. The van der Waals surface area contributed by atoms with Crippen molar-refractivity contribution in [2.24, 2.45) is 0 Å². The van der Waals surface area contributed by atoms with E-state index < -0.39 is 6.10 Å². The van der Waals surface area contributed by atoms with Crippen LogP contribution in [0, 0.1) is 0 Å². The molecule has 0 aliphatic rings. The Morgan fingerprint density at radius 2 is 0.609 bits per heavy atom. The number of carbonyl (C=O) groups is 3. The van der Waals surface area contributed by atoms with Crippen LogP contribution in [0.2, 0.25) is 0 Å². The Hall–Kier alpha value is -4.19. The molecule has 390 valence electrons. The van der Waals surface area contributed by atoms with Crippen LogP contribution in [0.3, 0.4) is 0 Å². The fourth-order valence-electron chi connectivity index (χ4n) is 7.28. The molecule has 0 fully saturated rings. The fourth-order valence-corrected chi connectivity index (χ4v) is 7.28. The smallest absolute Gasteiger partial charge is 0.306 e. The van der Waals surface area contributed by atoms with Gasteiger partial charge in [0, 0.05) is 19.3 Å². The molecule has 0 rings (SSSR count). The van der Waals surface area contributed by atoms with E-state index in [-0.39, 0.29) is 44.0 Å². The second-order valence-electron chi connectivity index (χ2n) is 18.1. The van der Waals surface area contributed by atoms with Gasteiger partial charge in [0.2, 0.25) is 0 Å². The van der Waals surface area contributed by atoms with Gasteiger partial charge in [-0.25, -0.2) is 0 Å². The average molecular weight is 956 g/mol. The summed E-state index contributed by atoms with van der Waals surface area (Å²) in [7, 11) is 0. The maximum Gasteiger partial charge on any atom is 0.306 e. The normalized spacial score (nSPS) is 13.0. The molecule has 1 atom stereocenters. The number of carbonyl (C=O) groups excluding carboxylic acids is 3. The van der Waals surface area contributed by atoms with Crippen LogP contribution in [0.25, 0.3) is 0 Å². The molecule has 0 saturated carbocycles. The average Bonchev–Trinajstić information content (AvgIpc) is 3.35. The van der Waals surface area contributed by atoms with Gasteiger partial charge in [0.25, 0.3) is 0 Å². The first kappa shape index (κ1) is 64.8. The Bertz CT molecular complexity index is 1470. The fraction of sp³-hybridized carbons (Fsp3) is 0.635. The standard InChI is InChI=1S/C63H102O6/c1-4-7-10-13-16-19-22-25-28-30-31-33-36-38-41-44-47-50-53-56-62(65)68-59-60(69-63(66)57-54-51-48-45-42-39-34-27-24-21-18-15-12-9-6-3)58-67-61(64)55-52-49-46-43-40-37-35-32-29-26-23-20-17-14-11-8-5-2/h7,10,16-17,19-20,25-26,28-29,31,33,35,37-38,41,43,46-47,50,60H,4-6,8-9,11-15,18,21-24,27,30,32,34,36,39-40,42,44-45,48-49,51-59H2,1-3H3/b10-7-,19-16-,20-17-,28-25-,29-26-,33-31-,37-35-,41-38-,46-43-,50-47-/t60-/m0/s1. The third-order valence-electron chi connectivity index (χ3n) is 11.5. The molecule has 0 unspecified atom stereocenters. The number of ether oxygens (including phenoxy) is 3. The minimum atomic E-state index is -0.832. The molecule has 0 aromatic rings. The van der Waals surface area contributed by atoms with E-state index >= 15 is 0 Å². The first-order valence-corrected chi connectivity index (χ1v) is 28.0. The number of allylic oxidation sites excluding steroid dienone is 20. The largest absolute Gasteiger partial charge is 0.462 e. The highest BCUT2D eigenvalue weighted by Crippen LogP contribution is 2.15. The minimum absolute atomic E-state index is 0.131. The van der Waals surface area contributed by atoms with Crippen LogP contribution in [-0.2, 0) is 28.6 Å². The zero-order valence-electron chi connectivity index (χ0n) is 44.5. The van der Waals surface area contributed by atoms with E-state index in [1.807, 2.05) is 12.2 Å². The van der Waals surface area contributed by atoms with Crippen molar-refractivity contribution in [2.45, 2.75) is 245 Å². The van der Waals surface area contributed by atoms with Gasteiger partial charge in [0.1, 0.15) is 13.2 Å². The molecule has 6 heteroatoms. The van der Waals surface area contributed by atoms with Crippen LogP contribution in [0.1, 0.15) is 239 Å². The summed E-state index contributed by atoms with van der Waals surface area (Å²) in [5.74, 6) is -1.07. The predicted molar refractivity (Wildman–Crippen MR) is 297 cm³/mol. The maximum atomic E-state index is 12.8. The van der Waals surface area contributed by atoms with Gasteiger partial charge in [-0.05, 0) is 96.3 Å². The highest BCUT2D eigenvalue weighted by molar-refractivity contribution is 5.71. The molecule has 0 heterocycles. The number of hydrogen-bond acceptors (Lipinski definition) is 6. The van der Waals surface area contributed by atoms with Crippen LogP contribution in [-0.4, -0.2) is 37.2 Å². The van der Waals surface area contributed by atoms with Gasteiger partial charge in [0.05, 0.1) is 0 Å². The molecular weight excluding hydrogens is 853 g/mol. The van der Waals surface area contributed by atoms with Crippen molar-refractivity contribution in [3.05, 3.63) is 122 Å². The molecule has 6 nitrogen and oxygen atoms in total. The monoisotopic (exact) mass is 955 g/mol. The van der Waals surface area contributed by atoms with E-state index in [4.69, 9.17) is 14.2 Å². The van der Waals surface area contributed by atoms with E-state index in [2.05, 4.69) is 130 Å². The molecule has 69 heavy (non-hydrogen) atoms. The van der Waals surface area contributed by atoms with Gasteiger partial charge in [-0.3, -0.25) is 14.4 Å². The number of unbranched alkanes of at least 4 members (excludes halogenated alkanes) is 18. The van der Waals surface area contributed by atoms with Gasteiger partial charge in [-0.2, -0.15) is 0 Å². The Labute approximate surface area is 424 Å². The highest BCUT2D eigenvalue weighted by Gasteiger charge is 2.19. The summed E-state index contributed by atoms with van der Waals surface area (Å²) in [6.45, 7) is 6.38. The van der Waals surface area contributed by atoms with Gasteiger partial charge in [-0.1, -0.05) is 245 Å². The molecule has 0 aliphatic carbocycles. The van der Waals surface area contributed by atoms with Crippen LogP contribution < -0.4 is 0 Å². The van der Waals surface area contributed by atoms with Crippen LogP contribution in [0.15, 0.2) is 122 Å². The third kappa shape index (κ3) is 54.6. The Morgan fingerprint density at radius 3 is 1.01 bits per heavy atom. The van der Waals surface area contributed by atoms with Crippen molar-refractivity contribution in [3.63, 3.8) is 0 Å². The lowest BCUT2D eigenvalue weighted by Crippen LogP contribution is -2.30. The molecule has 0 radical (unpaired) electrons. The molecule has 0 amide bonds. The van der Waals surface area contributed by atoms with E-state index in [1.54, 1.807) is 0 Å². The second kappa shape index (κ2) is 56.4. The molecule has 0 N–H and O–H groups in total. The van der Waals surface area contributed by atoms with E-state index in [0.29, 0.717) is 19.3 Å². The topological polar surface area (TPSA) is 78.9 Å². The molecule has 0 spiro atoms. The predicted octanol–water partition coefficient (Wildman–Crippen LogP) is 18.9. The molecule has 0 aromatic carbocycles. The number of hydrogen-bond donors (Lipinski definition) is 0. The van der Waals surface area contributed by atoms with Crippen LogP contribution in [0.4, 0.5) is 0 Å². The number of esters is 3. The zero-order chi connectivity index (χ0) is 50.0. The van der Waals surface area contributed by atoms with Gasteiger partial charge >= 0.3 is 17.9 Å². The first-order chi connectivity index (χ1) is 34.0. The maximum absolute atomic E-state index is 12.8. The van der Waals surface area contributed by atoms with Gasteiger partial charge in [0.15, 0.2) is 6.10 Å². The Morgan fingerprint density at radius 1 is 0.304 bits per heavy atom. The molecule has 0 saturated heterocycles. The summed E-state index contributed by atoms with van der Waals surface area (Å²) in [6, 6.07) is 0. The highest BCUT2D eigenvalue weighted by atomic mass is 16.6. The van der Waals surface area contributed by atoms with Crippen molar-refractivity contribution >= 4 is 17.9 Å².